The summed E-state index contributed by atoms with van der Waals surface area (Å²) in [6.07, 6.45) is 1.26. The van der Waals surface area contributed by atoms with E-state index in [1.54, 1.807) is 18.3 Å². The molecule has 1 aromatic heterocycles. The maximum atomic E-state index is 12.0. The molecular weight excluding hydrogens is 278 g/mol. The molecule has 0 radical (unpaired) electrons. The van der Waals surface area contributed by atoms with Gasteiger partial charge < -0.3 is 18.9 Å². The number of carbonyl (C=O) groups excluding carboxylic acids is 2. The van der Waals surface area contributed by atoms with E-state index < -0.39 is 24.3 Å². The van der Waals surface area contributed by atoms with Crippen molar-refractivity contribution in [2.24, 2.45) is 0 Å². The number of esters is 2. The summed E-state index contributed by atoms with van der Waals surface area (Å²) in [4.78, 5) is 26.9. The first-order valence-corrected chi connectivity index (χ1v) is 6.66. The minimum absolute atomic E-state index is 0.221. The zero-order chi connectivity index (χ0) is 14.8. The summed E-state index contributed by atoms with van der Waals surface area (Å²) in [7, 11) is 0. The Balaban J connectivity index is 1.62. The third-order valence-corrected chi connectivity index (χ3v) is 3.44. The van der Waals surface area contributed by atoms with Crippen LogP contribution in [0.25, 0.3) is 0 Å². The van der Waals surface area contributed by atoms with E-state index in [1.807, 2.05) is 0 Å². The fourth-order valence-corrected chi connectivity index (χ4v) is 2.53. The fourth-order valence-electron chi connectivity index (χ4n) is 2.53. The highest BCUT2D eigenvalue weighted by molar-refractivity contribution is 5.89. The highest BCUT2D eigenvalue weighted by Crippen LogP contribution is 2.30. The van der Waals surface area contributed by atoms with Crippen molar-refractivity contribution in [3.63, 3.8) is 0 Å². The predicted octanol–water partition coefficient (Wildman–Crippen LogP) is 0.336. The summed E-state index contributed by atoms with van der Waals surface area (Å²) in [6.45, 7) is 1.80. The second-order valence-corrected chi connectivity index (χ2v) is 4.93. The molecule has 0 aliphatic carbocycles. The monoisotopic (exact) mass is 293 g/mol. The first-order chi connectivity index (χ1) is 10.1. The summed E-state index contributed by atoms with van der Waals surface area (Å²) in [5, 5.41) is 0. The van der Waals surface area contributed by atoms with Crippen molar-refractivity contribution in [2.45, 2.75) is 31.3 Å². The number of ether oxygens (including phenoxy) is 4. The molecule has 112 valence electrons. The van der Waals surface area contributed by atoms with Crippen molar-refractivity contribution in [1.82, 2.24) is 4.98 Å². The number of pyridine rings is 1. The van der Waals surface area contributed by atoms with Crippen molar-refractivity contribution >= 4 is 11.9 Å². The molecular formula is C14H15NO6. The van der Waals surface area contributed by atoms with Gasteiger partial charge in [0.15, 0.2) is 12.2 Å². The second-order valence-electron chi connectivity index (χ2n) is 4.93. The topological polar surface area (TPSA) is 84.0 Å². The van der Waals surface area contributed by atoms with Crippen molar-refractivity contribution < 1.29 is 28.5 Å². The third-order valence-electron chi connectivity index (χ3n) is 3.44. The average Bonchev–Trinajstić information content (AvgIpc) is 3.04. The van der Waals surface area contributed by atoms with Gasteiger partial charge in [-0.1, -0.05) is 0 Å². The van der Waals surface area contributed by atoms with Gasteiger partial charge >= 0.3 is 11.9 Å². The summed E-state index contributed by atoms with van der Waals surface area (Å²) < 4.78 is 21.6. The Bertz CT molecular complexity index is 534. The number of aromatic nitrogens is 1. The number of nitrogens with zero attached hydrogens (tertiary/aromatic N) is 1. The van der Waals surface area contributed by atoms with E-state index in [-0.39, 0.29) is 25.3 Å². The Morgan fingerprint density at radius 1 is 1.19 bits per heavy atom. The molecule has 7 nitrogen and oxygen atoms in total. The molecule has 7 heteroatoms. The van der Waals surface area contributed by atoms with Crippen LogP contribution in [0.15, 0.2) is 24.5 Å². The number of carbonyl (C=O) groups is 2. The van der Waals surface area contributed by atoms with Crippen LogP contribution in [-0.2, 0) is 23.7 Å². The predicted molar refractivity (Wildman–Crippen MR) is 68.5 cm³/mol. The van der Waals surface area contributed by atoms with Crippen LogP contribution in [0.2, 0.25) is 0 Å². The number of fused-ring (bicyclic) bond motifs is 1. The van der Waals surface area contributed by atoms with Crippen molar-refractivity contribution in [2.75, 3.05) is 13.2 Å². The Morgan fingerprint density at radius 3 is 2.43 bits per heavy atom. The quantitative estimate of drug-likeness (QED) is 0.743. The van der Waals surface area contributed by atoms with Gasteiger partial charge in [-0.15, -0.1) is 0 Å². The zero-order valence-corrected chi connectivity index (χ0v) is 11.4. The van der Waals surface area contributed by atoms with Gasteiger partial charge in [0.1, 0.15) is 12.2 Å². The lowest BCUT2D eigenvalue weighted by atomic mass is 10.1. The summed E-state index contributed by atoms with van der Waals surface area (Å²) in [6, 6.07) is 3.28. The molecule has 0 bridgehead atoms. The Hall–Kier alpha value is -1.99. The van der Waals surface area contributed by atoms with Crippen LogP contribution in [0.1, 0.15) is 17.3 Å². The van der Waals surface area contributed by atoms with E-state index in [2.05, 4.69) is 4.98 Å². The molecule has 0 unspecified atom stereocenters. The molecule has 2 aliphatic rings. The Kier molecular flexibility index (Phi) is 3.85. The van der Waals surface area contributed by atoms with Gasteiger partial charge in [-0.2, -0.15) is 0 Å². The van der Waals surface area contributed by atoms with Gasteiger partial charge in [0, 0.05) is 19.3 Å². The van der Waals surface area contributed by atoms with Crippen molar-refractivity contribution in [3.05, 3.63) is 30.1 Å². The lowest BCUT2D eigenvalue weighted by Gasteiger charge is -2.16. The van der Waals surface area contributed by atoms with E-state index in [9.17, 15) is 9.59 Å². The van der Waals surface area contributed by atoms with Gasteiger partial charge in [0.2, 0.25) is 0 Å². The molecule has 0 amide bonds. The van der Waals surface area contributed by atoms with E-state index in [0.29, 0.717) is 5.56 Å². The van der Waals surface area contributed by atoms with Gasteiger partial charge in [-0.25, -0.2) is 4.79 Å². The molecule has 1 aromatic rings. The Labute approximate surface area is 121 Å². The van der Waals surface area contributed by atoms with E-state index in [1.165, 1.54) is 13.1 Å². The molecule has 21 heavy (non-hydrogen) atoms. The standard InChI is InChI=1S/C14H15NO6/c1-8(16)20-10-6-18-13-11(7-19-12(10)13)21-14(17)9-3-2-4-15-5-9/h2-5,10-13H,6-7H2,1H3/t10-,11+,12+,13+/m0/s1. The molecule has 3 rings (SSSR count). The molecule has 0 saturated carbocycles. The minimum Gasteiger partial charge on any atom is -0.457 e. The number of hydrogen-bond acceptors (Lipinski definition) is 7. The minimum atomic E-state index is -0.511. The van der Waals surface area contributed by atoms with Crippen LogP contribution in [0.3, 0.4) is 0 Å². The molecule has 2 saturated heterocycles. The van der Waals surface area contributed by atoms with Crippen LogP contribution < -0.4 is 0 Å². The molecule has 4 atom stereocenters. The lowest BCUT2D eigenvalue weighted by molar-refractivity contribution is -0.151. The van der Waals surface area contributed by atoms with E-state index >= 15 is 0 Å². The zero-order valence-electron chi connectivity index (χ0n) is 11.4. The molecule has 0 aromatic carbocycles. The number of rotatable bonds is 3. The first kappa shape index (κ1) is 14.0. The Morgan fingerprint density at radius 2 is 1.86 bits per heavy atom. The summed E-state index contributed by atoms with van der Waals surface area (Å²) in [5.41, 5.74) is 0.371. The normalized spacial score (nSPS) is 30.7. The average molecular weight is 293 g/mol. The highest BCUT2D eigenvalue weighted by atomic mass is 16.7. The summed E-state index contributed by atoms with van der Waals surface area (Å²) >= 11 is 0. The molecule has 2 aliphatic heterocycles. The largest absolute Gasteiger partial charge is 0.457 e. The third kappa shape index (κ3) is 2.88. The smallest absolute Gasteiger partial charge is 0.340 e. The van der Waals surface area contributed by atoms with Crippen LogP contribution in [-0.4, -0.2) is 54.6 Å². The maximum Gasteiger partial charge on any atom is 0.340 e. The van der Waals surface area contributed by atoms with Crippen molar-refractivity contribution in [3.8, 4) is 0 Å². The first-order valence-electron chi connectivity index (χ1n) is 6.66. The summed E-state index contributed by atoms with van der Waals surface area (Å²) in [5.74, 6) is -0.861. The van der Waals surface area contributed by atoms with Gasteiger partial charge in [0.05, 0.1) is 18.8 Å². The van der Waals surface area contributed by atoms with Crippen LogP contribution in [0.5, 0.6) is 0 Å². The van der Waals surface area contributed by atoms with Gasteiger partial charge in [-0.05, 0) is 12.1 Å². The van der Waals surface area contributed by atoms with Crippen LogP contribution in [0.4, 0.5) is 0 Å². The van der Waals surface area contributed by atoms with Gasteiger partial charge in [0.25, 0.3) is 0 Å². The second kappa shape index (κ2) is 5.79. The lowest BCUT2D eigenvalue weighted by Crippen LogP contribution is -2.35. The molecule has 2 fully saturated rings. The molecule has 0 spiro atoms. The van der Waals surface area contributed by atoms with Crippen LogP contribution >= 0.6 is 0 Å². The van der Waals surface area contributed by atoms with E-state index in [0.717, 1.165) is 0 Å². The van der Waals surface area contributed by atoms with Crippen molar-refractivity contribution in [1.29, 1.82) is 0 Å². The van der Waals surface area contributed by atoms with E-state index in [4.69, 9.17) is 18.9 Å². The SMILES string of the molecule is CC(=O)O[C@H]1CO[C@H]2[C@@H]1OC[C@H]2OC(=O)c1cccnc1. The van der Waals surface area contributed by atoms with Crippen LogP contribution in [0, 0.1) is 0 Å². The molecule has 3 heterocycles. The van der Waals surface area contributed by atoms with Gasteiger partial charge in [-0.3, -0.25) is 9.78 Å². The maximum absolute atomic E-state index is 12.0. The highest BCUT2D eigenvalue weighted by Gasteiger charge is 2.51. The fraction of sp³-hybridized carbons (Fsp3) is 0.500. The molecule has 0 N–H and O–H groups in total. The number of hydrogen-bond donors (Lipinski definition) is 0.